The zero-order chi connectivity index (χ0) is 28.1. The third-order valence-corrected chi connectivity index (χ3v) is 5.78. The molecule has 0 N–H and O–H groups in total. The van der Waals surface area contributed by atoms with Gasteiger partial charge in [0.2, 0.25) is 0 Å². The van der Waals surface area contributed by atoms with Crippen LogP contribution in [0.3, 0.4) is 0 Å². The maximum Gasteiger partial charge on any atom is 0.314 e. The molecule has 0 spiro atoms. The normalized spacial score (nSPS) is 12.7. The number of aldehydes is 1. The number of anilines is 1. The highest BCUT2D eigenvalue weighted by Crippen LogP contribution is 2.16. The van der Waals surface area contributed by atoms with E-state index in [-0.39, 0.29) is 11.9 Å². The summed E-state index contributed by atoms with van der Waals surface area (Å²) < 4.78 is 8.67. The third kappa shape index (κ3) is 12.7. The molecule has 5 rings (SSSR count). The Morgan fingerprint density at radius 1 is 0.692 bits per heavy atom. The summed E-state index contributed by atoms with van der Waals surface area (Å²) in [6.45, 7) is 6.65. The zero-order valence-corrected chi connectivity index (χ0v) is 23.0. The van der Waals surface area contributed by atoms with E-state index in [1.165, 1.54) is 54.7 Å². The van der Waals surface area contributed by atoms with Gasteiger partial charge >= 0.3 is 11.9 Å². The summed E-state index contributed by atoms with van der Waals surface area (Å²) in [6.07, 6.45) is 12.8. The summed E-state index contributed by atoms with van der Waals surface area (Å²) in [5.74, 6) is -0.315. The van der Waals surface area contributed by atoms with Gasteiger partial charge in [0.15, 0.2) is 0 Å². The molecule has 0 aromatic heterocycles. The maximum atomic E-state index is 10.6. The van der Waals surface area contributed by atoms with Gasteiger partial charge in [0, 0.05) is 24.3 Å². The van der Waals surface area contributed by atoms with Crippen molar-refractivity contribution in [2.24, 2.45) is 0 Å². The quantitative estimate of drug-likeness (QED) is 0.221. The lowest BCUT2D eigenvalue weighted by molar-refractivity contribution is -0.136. The lowest BCUT2D eigenvalue weighted by Crippen LogP contribution is -2.25. The van der Waals surface area contributed by atoms with Crippen LogP contribution < -0.4 is 4.90 Å². The number of esters is 2. The first-order valence-corrected chi connectivity index (χ1v) is 13.5. The Labute approximate surface area is 231 Å². The molecule has 0 radical (unpaired) electrons. The third-order valence-electron chi connectivity index (χ3n) is 5.78. The summed E-state index contributed by atoms with van der Waals surface area (Å²) in [6, 6.07) is 24.6. The largest absolute Gasteiger partial charge is 0.435 e. The van der Waals surface area contributed by atoms with Crippen LogP contribution in [0.25, 0.3) is 10.8 Å². The Morgan fingerprint density at radius 2 is 1.13 bits per heavy atom. The summed E-state index contributed by atoms with van der Waals surface area (Å²) >= 11 is 0. The van der Waals surface area contributed by atoms with Crippen LogP contribution in [0, 0.1) is 0 Å². The molecule has 2 heterocycles. The number of hydrogen-bond acceptors (Lipinski definition) is 6. The topological polar surface area (TPSA) is 72.9 Å². The molecule has 0 atom stereocenters. The molecule has 3 aromatic rings. The molecule has 6 nitrogen and oxygen atoms in total. The number of cyclic esters (lactones) is 2. The van der Waals surface area contributed by atoms with Gasteiger partial charge in [0.05, 0.1) is 25.4 Å². The number of rotatable bonds is 8. The predicted octanol–water partition coefficient (Wildman–Crippen LogP) is 7.64. The minimum absolute atomic E-state index is 0.157. The van der Waals surface area contributed by atoms with Crippen LogP contribution in [0.1, 0.15) is 62.7 Å². The Balaban J connectivity index is 0.000000202. The van der Waals surface area contributed by atoms with Crippen LogP contribution in [0.5, 0.6) is 0 Å². The van der Waals surface area contributed by atoms with E-state index in [9.17, 15) is 14.4 Å². The Kier molecular flexibility index (Phi) is 15.1. The van der Waals surface area contributed by atoms with Crippen LogP contribution in [0.15, 0.2) is 97.5 Å². The van der Waals surface area contributed by atoms with Gasteiger partial charge < -0.3 is 14.4 Å². The molecule has 206 valence electrons. The van der Waals surface area contributed by atoms with Gasteiger partial charge in [0.1, 0.15) is 6.29 Å². The number of ether oxygens (including phenoxy) is 2. The van der Waals surface area contributed by atoms with E-state index < -0.39 is 0 Å². The van der Waals surface area contributed by atoms with Crippen molar-refractivity contribution in [1.82, 2.24) is 0 Å². The number of unbranched alkanes of at least 4 members (excludes halogenated alkanes) is 2. The molecule has 3 aromatic carbocycles. The van der Waals surface area contributed by atoms with Crippen LogP contribution >= 0.6 is 0 Å². The number of carbonyl (C=O) groups excluding carboxylic acids is 3. The van der Waals surface area contributed by atoms with E-state index in [1.807, 2.05) is 12.1 Å². The van der Waals surface area contributed by atoms with Gasteiger partial charge in [0.25, 0.3) is 0 Å². The number of nitrogens with zero attached hydrogens (tertiary/aromatic N) is 1. The van der Waals surface area contributed by atoms with E-state index in [2.05, 4.69) is 88.9 Å². The second-order valence-corrected chi connectivity index (χ2v) is 8.88. The van der Waals surface area contributed by atoms with E-state index in [1.54, 1.807) is 12.2 Å². The highest BCUT2D eigenvalue weighted by atomic mass is 16.5. The highest BCUT2D eigenvalue weighted by Gasteiger charge is 2.05. The Morgan fingerprint density at radius 3 is 1.41 bits per heavy atom. The monoisotopic (exact) mass is 529 g/mol. The van der Waals surface area contributed by atoms with Crippen LogP contribution in [-0.2, 0) is 19.1 Å². The predicted molar refractivity (Wildman–Crippen MR) is 158 cm³/mol. The lowest BCUT2D eigenvalue weighted by Gasteiger charge is -2.24. The van der Waals surface area contributed by atoms with Gasteiger partial charge in [-0.25, -0.2) is 0 Å². The van der Waals surface area contributed by atoms with Crippen molar-refractivity contribution in [2.75, 3.05) is 18.0 Å². The van der Waals surface area contributed by atoms with Crippen molar-refractivity contribution in [3.8, 4) is 0 Å². The maximum absolute atomic E-state index is 10.6. The van der Waals surface area contributed by atoms with Crippen LogP contribution in [-0.4, -0.2) is 31.3 Å². The highest BCUT2D eigenvalue weighted by molar-refractivity contribution is 5.82. The fourth-order valence-electron chi connectivity index (χ4n) is 3.60. The second-order valence-electron chi connectivity index (χ2n) is 8.88. The standard InChI is InChI=1S/C15H23NO.C10H8.2C4H4O2/c1-3-5-11-16(12-6-4-2)15-9-7-14(13-17)8-10-15;1-2-6-10-8-4-3-7-9(10)5-1;2*5-4-2-1-3-6-4/h7-10,13H,3-6,11-12H2,1-2H3;1-8H;2*1,3H,2H2. The van der Waals surface area contributed by atoms with Gasteiger partial charge in [-0.1, -0.05) is 75.2 Å². The summed E-state index contributed by atoms with van der Waals surface area (Å²) in [5, 5.41) is 2.62. The molecule has 0 saturated carbocycles. The summed E-state index contributed by atoms with van der Waals surface area (Å²) in [4.78, 5) is 33.0. The molecule has 0 unspecified atom stereocenters. The molecule has 39 heavy (non-hydrogen) atoms. The van der Waals surface area contributed by atoms with Crippen molar-refractivity contribution >= 4 is 34.7 Å². The first-order chi connectivity index (χ1) is 19.1. The lowest BCUT2D eigenvalue weighted by atomic mass is 10.1. The van der Waals surface area contributed by atoms with Gasteiger partial charge in [-0.3, -0.25) is 14.4 Å². The van der Waals surface area contributed by atoms with E-state index in [4.69, 9.17) is 0 Å². The molecule has 0 bridgehead atoms. The minimum atomic E-state index is -0.157. The number of fused-ring (bicyclic) bond motifs is 1. The fraction of sp³-hybridized carbons (Fsp3) is 0.303. The van der Waals surface area contributed by atoms with Crippen LogP contribution in [0.4, 0.5) is 5.69 Å². The van der Waals surface area contributed by atoms with Crippen molar-refractivity contribution < 1.29 is 23.9 Å². The van der Waals surface area contributed by atoms with Crippen molar-refractivity contribution in [3.63, 3.8) is 0 Å². The van der Waals surface area contributed by atoms with E-state index >= 15 is 0 Å². The van der Waals surface area contributed by atoms with E-state index in [0.29, 0.717) is 12.8 Å². The molecule has 0 aliphatic carbocycles. The van der Waals surface area contributed by atoms with Gasteiger partial charge in [-0.05, 0) is 60.0 Å². The fourth-order valence-corrected chi connectivity index (χ4v) is 3.60. The van der Waals surface area contributed by atoms with Crippen molar-refractivity contribution in [2.45, 2.75) is 52.4 Å². The number of benzene rings is 3. The first kappa shape index (κ1) is 31.0. The van der Waals surface area contributed by atoms with Crippen molar-refractivity contribution in [3.05, 3.63) is 103 Å². The average Bonchev–Trinajstić information content (AvgIpc) is 3.67. The van der Waals surface area contributed by atoms with Crippen molar-refractivity contribution in [1.29, 1.82) is 0 Å². The Bertz CT molecular complexity index is 1080. The molecule has 0 saturated heterocycles. The molecular weight excluding hydrogens is 490 g/mol. The second kappa shape index (κ2) is 19.0. The number of carbonyl (C=O) groups is 3. The molecule has 2 aliphatic heterocycles. The van der Waals surface area contributed by atoms with Gasteiger partial charge in [-0.2, -0.15) is 0 Å². The SMILES string of the molecule is CCCCN(CCCC)c1ccc(C=O)cc1.O=C1CC=CO1.O=C1CC=CO1.c1ccc2ccccc2c1. The van der Waals surface area contributed by atoms with E-state index in [0.717, 1.165) is 24.9 Å². The number of hydrogen-bond donors (Lipinski definition) is 0. The molecule has 0 amide bonds. The smallest absolute Gasteiger partial charge is 0.314 e. The average molecular weight is 530 g/mol. The molecule has 2 aliphatic rings. The zero-order valence-electron chi connectivity index (χ0n) is 23.0. The molecular formula is C33H39NO5. The van der Waals surface area contributed by atoms with Crippen LogP contribution in [0.2, 0.25) is 0 Å². The summed E-state index contributed by atoms with van der Waals surface area (Å²) in [5.41, 5.74) is 1.98. The summed E-state index contributed by atoms with van der Waals surface area (Å²) in [7, 11) is 0. The molecule has 0 fully saturated rings. The van der Waals surface area contributed by atoms with Gasteiger partial charge in [-0.15, -0.1) is 0 Å². The molecule has 6 heteroatoms. The minimum Gasteiger partial charge on any atom is -0.435 e. The Hall–Kier alpha value is -4.19. The first-order valence-electron chi connectivity index (χ1n) is 13.5.